The second-order valence-corrected chi connectivity index (χ2v) is 18.1. The van der Waals surface area contributed by atoms with Crippen LogP contribution in [0.4, 0.5) is 0 Å². The van der Waals surface area contributed by atoms with E-state index in [-0.39, 0.29) is 0 Å². The van der Waals surface area contributed by atoms with E-state index in [2.05, 4.69) is 72.9 Å². The van der Waals surface area contributed by atoms with Crippen LogP contribution >= 0.6 is 0 Å². The Hall–Kier alpha value is -0.638. The second kappa shape index (κ2) is 4.70. The van der Waals surface area contributed by atoms with Crippen LogP contribution in [0.1, 0.15) is 0 Å². The van der Waals surface area contributed by atoms with Gasteiger partial charge in [0.1, 0.15) is 0 Å². The molecule has 3 aliphatic carbocycles. The van der Waals surface area contributed by atoms with Gasteiger partial charge in [-0.3, -0.25) is 0 Å². The van der Waals surface area contributed by atoms with Crippen molar-refractivity contribution >= 4 is 22.7 Å². The van der Waals surface area contributed by atoms with Crippen molar-refractivity contribution in [3.05, 3.63) is 72.9 Å². The SMILES string of the molecule is C1=C[CH]([Tl]([CH]2C=CC=C2)[CH]2C=CC=C2)C=C1. The average Bonchev–Trinajstić information content (AvgIpc) is 3.02. The topological polar surface area (TPSA) is 0 Å². The zero-order valence-electron chi connectivity index (χ0n) is 9.24. The molecular formula is C15H15Tl. The Balaban J connectivity index is 1.87. The molecule has 0 radical (unpaired) electrons. The molecule has 1 heteroatoms. The van der Waals surface area contributed by atoms with E-state index in [1.54, 1.807) is 0 Å². The molecule has 0 atom stereocenters. The van der Waals surface area contributed by atoms with Crippen molar-refractivity contribution in [1.29, 1.82) is 0 Å². The van der Waals surface area contributed by atoms with E-state index in [1.165, 1.54) is 0 Å². The van der Waals surface area contributed by atoms with Crippen molar-refractivity contribution in [2.75, 3.05) is 0 Å². The fraction of sp³-hybridized carbons (Fsp3) is 0.200. The third-order valence-corrected chi connectivity index (χ3v) is 19.2. The van der Waals surface area contributed by atoms with Gasteiger partial charge in [0.15, 0.2) is 0 Å². The van der Waals surface area contributed by atoms with Crippen LogP contribution in [0.25, 0.3) is 0 Å². The third kappa shape index (κ3) is 1.95. The van der Waals surface area contributed by atoms with E-state index < -0.39 is 22.7 Å². The number of rotatable bonds is 3. The molecule has 0 aromatic rings. The summed E-state index contributed by atoms with van der Waals surface area (Å²) >= 11 is -1.84. The van der Waals surface area contributed by atoms with Gasteiger partial charge in [-0.15, -0.1) is 0 Å². The summed E-state index contributed by atoms with van der Waals surface area (Å²) in [7, 11) is 0. The summed E-state index contributed by atoms with van der Waals surface area (Å²) in [5.41, 5.74) is 0. The molecule has 16 heavy (non-hydrogen) atoms. The van der Waals surface area contributed by atoms with Gasteiger partial charge in [-0.1, -0.05) is 0 Å². The molecule has 0 unspecified atom stereocenters. The molecule has 0 spiro atoms. The van der Waals surface area contributed by atoms with Crippen molar-refractivity contribution < 1.29 is 0 Å². The van der Waals surface area contributed by atoms with Crippen LogP contribution in [-0.4, -0.2) is 22.7 Å². The van der Waals surface area contributed by atoms with Gasteiger partial charge < -0.3 is 0 Å². The summed E-state index contributed by atoms with van der Waals surface area (Å²) in [6, 6.07) is 0. The summed E-state index contributed by atoms with van der Waals surface area (Å²) in [6.45, 7) is 0. The van der Waals surface area contributed by atoms with Crippen LogP contribution in [-0.2, 0) is 0 Å². The van der Waals surface area contributed by atoms with Crippen LogP contribution in [0.15, 0.2) is 72.9 Å². The molecule has 0 aromatic carbocycles. The summed E-state index contributed by atoms with van der Waals surface area (Å²) in [5.74, 6) is 0. The summed E-state index contributed by atoms with van der Waals surface area (Å²) in [5, 5.41) is 0. The summed E-state index contributed by atoms with van der Waals surface area (Å²) in [6.07, 6.45) is 27.9. The number of hydrogen-bond acceptors (Lipinski definition) is 0. The quantitative estimate of drug-likeness (QED) is 0.630. The predicted octanol–water partition coefficient (Wildman–Crippen LogP) is 3.97. The molecule has 0 aromatic heterocycles. The molecule has 0 N–H and O–H groups in total. The standard InChI is InChI=1S/3C5H5.Tl/c3*1-2-4-5-3-1;/h3*1-5H;. The molecule has 0 heterocycles. The second-order valence-electron chi connectivity index (χ2n) is 4.62. The summed E-state index contributed by atoms with van der Waals surface area (Å²) < 4.78 is 2.40. The fourth-order valence-corrected chi connectivity index (χ4v) is 17.8. The molecule has 0 fully saturated rings. The number of hydrogen-bond donors (Lipinski definition) is 0. The van der Waals surface area contributed by atoms with Crippen LogP contribution < -0.4 is 0 Å². The Morgan fingerprint density at radius 1 is 0.438 bits per heavy atom. The van der Waals surface area contributed by atoms with Crippen LogP contribution in [0.3, 0.4) is 0 Å². The monoisotopic (exact) mass is 400 g/mol. The van der Waals surface area contributed by atoms with Gasteiger partial charge in [-0.2, -0.15) is 0 Å². The van der Waals surface area contributed by atoms with E-state index in [1.807, 2.05) is 0 Å². The molecule has 0 saturated carbocycles. The molecule has 3 aliphatic rings. The van der Waals surface area contributed by atoms with E-state index in [0.29, 0.717) is 0 Å². The zero-order chi connectivity index (χ0) is 10.8. The van der Waals surface area contributed by atoms with Crippen molar-refractivity contribution in [2.45, 2.75) is 10.4 Å². The van der Waals surface area contributed by atoms with E-state index in [9.17, 15) is 0 Å². The molecular weight excluding hydrogens is 385 g/mol. The maximum atomic E-state index is 2.42. The van der Waals surface area contributed by atoms with E-state index >= 15 is 0 Å². The summed E-state index contributed by atoms with van der Waals surface area (Å²) in [4.78, 5) is 0. The Morgan fingerprint density at radius 3 is 0.938 bits per heavy atom. The van der Waals surface area contributed by atoms with E-state index in [0.717, 1.165) is 10.4 Å². The number of allylic oxidation sites excluding steroid dienone is 12. The first-order chi connectivity index (χ1) is 7.95. The van der Waals surface area contributed by atoms with Gasteiger partial charge in [0, 0.05) is 0 Å². The minimum absolute atomic E-state index is 0.801. The maximum absolute atomic E-state index is 2.42. The van der Waals surface area contributed by atoms with Gasteiger partial charge in [-0.25, -0.2) is 0 Å². The average molecular weight is 400 g/mol. The molecule has 0 nitrogen and oxygen atoms in total. The van der Waals surface area contributed by atoms with Crippen LogP contribution in [0, 0.1) is 0 Å². The normalized spacial score (nSPS) is 23.2. The van der Waals surface area contributed by atoms with Crippen molar-refractivity contribution in [3.8, 4) is 0 Å². The minimum atomic E-state index is -1.84. The Morgan fingerprint density at radius 2 is 0.688 bits per heavy atom. The first-order valence-electron chi connectivity index (χ1n) is 6.00. The fourth-order valence-electron chi connectivity index (χ4n) is 2.89. The van der Waals surface area contributed by atoms with Crippen LogP contribution in [0.5, 0.6) is 0 Å². The molecule has 0 amide bonds. The van der Waals surface area contributed by atoms with Gasteiger partial charge in [0.05, 0.1) is 0 Å². The van der Waals surface area contributed by atoms with Gasteiger partial charge in [0.25, 0.3) is 0 Å². The van der Waals surface area contributed by atoms with Crippen LogP contribution in [0.2, 0.25) is 10.4 Å². The van der Waals surface area contributed by atoms with Crippen molar-refractivity contribution in [2.24, 2.45) is 0 Å². The Bertz CT molecular complexity index is 332. The molecule has 0 aliphatic heterocycles. The van der Waals surface area contributed by atoms with E-state index in [4.69, 9.17) is 0 Å². The molecule has 78 valence electrons. The van der Waals surface area contributed by atoms with Gasteiger partial charge in [0.2, 0.25) is 0 Å². The van der Waals surface area contributed by atoms with Crippen molar-refractivity contribution in [1.82, 2.24) is 0 Å². The third-order valence-electron chi connectivity index (χ3n) is 3.67. The van der Waals surface area contributed by atoms with Crippen molar-refractivity contribution in [3.63, 3.8) is 0 Å². The van der Waals surface area contributed by atoms with Gasteiger partial charge in [-0.05, 0) is 0 Å². The Kier molecular flexibility index (Phi) is 3.09. The first kappa shape index (κ1) is 10.5. The molecule has 3 rings (SSSR count). The predicted molar refractivity (Wildman–Crippen MR) is 71.8 cm³/mol. The first-order valence-corrected chi connectivity index (χ1v) is 13.8. The van der Waals surface area contributed by atoms with Gasteiger partial charge >= 0.3 is 106 Å². The zero-order valence-corrected chi connectivity index (χ0v) is 13.7. The Labute approximate surface area is 106 Å². The molecule has 0 saturated heterocycles. The molecule has 0 bridgehead atoms.